The molecule has 0 spiro atoms. The molecule has 2 aliphatic rings. The molecular weight excluding hydrogens is 408 g/mol. The Hall–Kier alpha value is -3.03. The van der Waals surface area contributed by atoms with Crippen molar-refractivity contribution in [1.82, 2.24) is 10.3 Å². The molecule has 29 heavy (non-hydrogen) atoms. The third kappa shape index (κ3) is 3.03. The molecule has 1 aromatic heterocycles. The standard InChI is InChI=1S/C21H15ClN4O2S/c1-29-21-24-20(27)18-13-7-3-5-9-15(13)23-19(26(18)25-21)17-11-10-16(28-17)12-6-2-4-8-14(12)22/h2-11,19H,1H3,(H,24,25,27)/t19-/m0/s1. The zero-order valence-corrected chi connectivity index (χ0v) is 16.9. The molecule has 0 bridgehead atoms. The lowest BCUT2D eigenvalue weighted by Crippen LogP contribution is -2.50. The van der Waals surface area contributed by atoms with Crippen LogP contribution in [0.2, 0.25) is 5.02 Å². The molecular formula is C21H15ClN4O2S. The number of carbonyl (C=O) groups is 1. The average molecular weight is 423 g/mol. The first-order valence-electron chi connectivity index (χ1n) is 8.91. The molecule has 1 N–H and O–H groups in total. The van der Waals surface area contributed by atoms with E-state index in [4.69, 9.17) is 21.0 Å². The fourth-order valence-electron chi connectivity index (χ4n) is 3.40. The van der Waals surface area contributed by atoms with Crippen LogP contribution in [0.4, 0.5) is 0 Å². The minimum absolute atomic E-state index is 0.213. The molecule has 2 aliphatic heterocycles. The van der Waals surface area contributed by atoms with Gasteiger partial charge in [-0.2, -0.15) is 0 Å². The number of halogens is 1. The summed E-state index contributed by atoms with van der Waals surface area (Å²) in [4.78, 5) is 17.6. The molecule has 144 valence electrons. The van der Waals surface area contributed by atoms with Crippen molar-refractivity contribution in [1.29, 1.82) is 0 Å². The number of thioether (sulfide) groups is 1. The normalized spacial score (nSPS) is 17.8. The summed E-state index contributed by atoms with van der Waals surface area (Å²) < 4.78 is 6.12. The quantitative estimate of drug-likeness (QED) is 0.689. The van der Waals surface area contributed by atoms with Crippen molar-refractivity contribution in [2.75, 3.05) is 6.26 Å². The number of hydrogen-bond donors (Lipinski definition) is 1. The van der Waals surface area contributed by atoms with Gasteiger partial charge in [0.15, 0.2) is 10.9 Å². The largest absolute Gasteiger partial charge is 0.457 e. The van der Waals surface area contributed by atoms with E-state index in [2.05, 4.69) is 10.4 Å². The molecule has 6 nitrogen and oxygen atoms in total. The molecule has 3 aromatic rings. The van der Waals surface area contributed by atoms with E-state index in [1.165, 1.54) is 11.8 Å². The number of para-hydroxylation sites is 1. The average Bonchev–Trinajstić information content (AvgIpc) is 3.22. The Bertz CT molecular complexity index is 1280. The van der Waals surface area contributed by atoms with Gasteiger partial charge in [0.25, 0.3) is 5.91 Å². The maximum absolute atomic E-state index is 12.8. The summed E-state index contributed by atoms with van der Waals surface area (Å²) in [5.41, 5.74) is 1.25. The number of furan rings is 1. The first-order chi connectivity index (χ1) is 14.2. The second kappa shape index (κ2) is 7.09. The van der Waals surface area contributed by atoms with Gasteiger partial charge in [0.05, 0.1) is 10.4 Å². The van der Waals surface area contributed by atoms with Gasteiger partial charge in [0, 0.05) is 10.8 Å². The van der Waals surface area contributed by atoms with Gasteiger partial charge < -0.3 is 4.42 Å². The van der Waals surface area contributed by atoms with Crippen molar-refractivity contribution >= 4 is 40.1 Å². The maximum atomic E-state index is 12.8. The number of hydrogen-bond acceptors (Lipinski definition) is 6. The topological polar surface area (TPSA) is 70.2 Å². The fraction of sp³-hybridized carbons (Fsp3) is 0.0952. The molecule has 0 aliphatic carbocycles. The van der Waals surface area contributed by atoms with Gasteiger partial charge in [0.1, 0.15) is 11.5 Å². The van der Waals surface area contributed by atoms with Gasteiger partial charge in [-0.25, -0.2) is 10.0 Å². The van der Waals surface area contributed by atoms with E-state index >= 15 is 0 Å². The molecule has 5 rings (SSSR count). The third-order valence-corrected chi connectivity index (χ3v) is 5.63. The molecule has 3 heterocycles. The van der Waals surface area contributed by atoms with Gasteiger partial charge in [-0.3, -0.25) is 10.1 Å². The third-order valence-electron chi connectivity index (χ3n) is 4.73. The molecule has 2 aromatic carbocycles. The summed E-state index contributed by atoms with van der Waals surface area (Å²) in [6, 6.07) is 18.7. The number of carbonyl (C=O) groups excluding carboxylic acids is 1. The van der Waals surface area contributed by atoms with Crippen LogP contribution in [0.1, 0.15) is 11.9 Å². The van der Waals surface area contributed by atoms with Crippen molar-refractivity contribution in [3.05, 3.63) is 82.0 Å². The summed E-state index contributed by atoms with van der Waals surface area (Å²) in [7, 11) is 0. The minimum atomic E-state index is -0.593. The number of fused-ring (bicyclic) bond motifs is 2. The van der Waals surface area contributed by atoms with E-state index in [1.807, 2.05) is 66.9 Å². The molecule has 0 saturated carbocycles. The lowest BCUT2D eigenvalue weighted by Gasteiger charge is -2.32. The van der Waals surface area contributed by atoms with Crippen LogP contribution in [0.15, 0.2) is 75.2 Å². The SMILES string of the molecule is CSC1=NN2C(=c3ccccc3=N[C@@H]2c2ccc(-c3ccccc3Cl)o2)C(=O)N1. The highest BCUT2D eigenvalue weighted by Gasteiger charge is 2.35. The second-order valence-corrected chi connectivity index (χ2v) is 7.66. The number of amides is 1. The minimum Gasteiger partial charge on any atom is -0.457 e. The van der Waals surface area contributed by atoms with Crippen LogP contribution < -0.4 is 15.9 Å². The summed E-state index contributed by atoms with van der Waals surface area (Å²) in [6.07, 6.45) is 1.26. The van der Waals surface area contributed by atoms with Crippen LogP contribution in [0.3, 0.4) is 0 Å². The first kappa shape index (κ1) is 18.0. The van der Waals surface area contributed by atoms with E-state index in [9.17, 15) is 4.79 Å². The van der Waals surface area contributed by atoms with E-state index in [0.717, 1.165) is 16.1 Å². The number of benzene rings is 2. The Labute approximate surface area is 175 Å². The molecule has 1 amide bonds. The van der Waals surface area contributed by atoms with E-state index in [1.54, 1.807) is 5.01 Å². The predicted octanol–water partition coefficient (Wildman–Crippen LogP) is 3.11. The van der Waals surface area contributed by atoms with E-state index < -0.39 is 6.17 Å². The van der Waals surface area contributed by atoms with Crippen LogP contribution in [-0.2, 0) is 4.79 Å². The zero-order chi connectivity index (χ0) is 20.0. The smallest absolute Gasteiger partial charge is 0.276 e. The number of nitrogens with zero attached hydrogens (tertiary/aromatic N) is 3. The van der Waals surface area contributed by atoms with Crippen molar-refractivity contribution in [2.24, 2.45) is 10.1 Å². The van der Waals surface area contributed by atoms with Crippen molar-refractivity contribution in [3.8, 4) is 11.3 Å². The van der Waals surface area contributed by atoms with Crippen molar-refractivity contribution in [3.63, 3.8) is 0 Å². The molecule has 0 saturated heterocycles. The Balaban J connectivity index is 1.67. The van der Waals surface area contributed by atoms with E-state index in [-0.39, 0.29) is 5.91 Å². The highest BCUT2D eigenvalue weighted by molar-refractivity contribution is 8.13. The van der Waals surface area contributed by atoms with Crippen LogP contribution in [0.5, 0.6) is 0 Å². The highest BCUT2D eigenvalue weighted by Crippen LogP contribution is 2.35. The van der Waals surface area contributed by atoms with Crippen LogP contribution in [0, 0.1) is 0 Å². The molecule has 0 unspecified atom stereocenters. The molecule has 0 radical (unpaired) electrons. The highest BCUT2D eigenvalue weighted by atomic mass is 35.5. The first-order valence-corrected chi connectivity index (χ1v) is 10.5. The molecule has 8 heteroatoms. The number of hydrazone groups is 1. The van der Waals surface area contributed by atoms with E-state index in [0.29, 0.717) is 27.4 Å². The molecule has 0 fully saturated rings. The Morgan fingerprint density at radius 2 is 1.90 bits per heavy atom. The number of amidine groups is 1. The Kier molecular flexibility index (Phi) is 4.41. The van der Waals surface area contributed by atoms with Gasteiger partial charge in [-0.1, -0.05) is 53.7 Å². The second-order valence-electron chi connectivity index (χ2n) is 6.46. The van der Waals surface area contributed by atoms with Gasteiger partial charge in [-0.15, -0.1) is 5.10 Å². The molecule has 1 atom stereocenters. The van der Waals surface area contributed by atoms with Crippen molar-refractivity contribution < 1.29 is 9.21 Å². The summed E-state index contributed by atoms with van der Waals surface area (Å²) in [5, 5.41) is 11.6. The Morgan fingerprint density at radius 1 is 1.10 bits per heavy atom. The maximum Gasteiger partial charge on any atom is 0.276 e. The lowest BCUT2D eigenvalue weighted by molar-refractivity contribution is -0.116. The fourth-order valence-corrected chi connectivity index (χ4v) is 4.00. The monoisotopic (exact) mass is 422 g/mol. The van der Waals surface area contributed by atoms with Gasteiger partial charge in [-0.05, 0) is 36.6 Å². The summed E-state index contributed by atoms with van der Waals surface area (Å²) in [6.45, 7) is 0. The van der Waals surface area contributed by atoms with Crippen LogP contribution in [0.25, 0.3) is 17.0 Å². The lowest BCUT2D eigenvalue weighted by atomic mass is 10.1. The number of nitrogens with one attached hydrogen (secondary N) is 1. The van der Waals surface area contributed by atoms with Gasteiger partial charge >= 0.3 is 0 Å². The summed E-state index contributed by atoms with van der Waals surface area (Å²) in [5.74, 6) is 0.997. The number of rotatable bonds is 2. The van der Waals surface area contributed by atoms with Crippen LogP contribution in [-0.4, -0.2) is 22.3 Å². The predicted molar refractivity (Wildman–Crippen MR) is 113 cm³/mol. The van der Waals surface area contributed by atoms with Crippen LogP contribution >= 0.6 is 23.4 Å². The summed E-state index contributed by atoms with van der Waals surface area (Å²) >= 11 is 7.67. The zero-order valence-electron chi connectivity index (χ0n) is 15.3. The van der Waals surface area contributed by atoms with Crippen molar-refractivity contribution in [2.45, 2.75) is 6.17 Å². The van der Waals surface area contributed by atoms with Gasteiger partial charge in [0.2, 0.25) is 6.17 Å². The Morgan fingerprint density at radius 3 is 2.72 bits per heavy atom.